The van der Waals surface area contributed by atoms with Crippen molar-refractivity contribution in [2.45, 2.75) is 33.7 Å². The molecule has 2 rings (SSSR count). The number of hydrogen-bond acceptors (Lipinski definition) is 3. The van der Waals surface area contributed by atoms with Gasteiger partial charge >= 0.3 is 0 Å². The Labute approximate surface area is 158 Å². The van der Waals surface area contributed by atoms with Crippen LogP contribution in [0.2, 0.25) is 5.02 Å². The highest BCUT2D eigenvalue weighted by atomic mass is 35.5. The van der Waals surface area contributed by atoms with Gasteiger partial charge in [-0.15, -0.1) is 0 Å². The number of carbonyl (C=O) groups excluding carboxylic acids is 1. The van der Waals surface area contributed by atoms with E-state index in [-0.39, 0.29) is 5.57 Å². The van der Waals surface area contributed by atoms with E-state index in [1.165, 1.54) is 7.11 Å². The lowest BCUT2D eigenvalue weighted by Gasteiger charge is -2.13. The van der Waals surface area contributed by atoms with Crippen molar-refractivity contribution < 1.29 is 9.53 Å². The molecule has 1 amide bonds. The molecule has 0 spiro atoms. The minimum Gasteiger partial charge on any atom is -0.495 e. The van der Waals surface area contributed by atoms with Crippen LogP contribution in [0.1, 0.15) is 36.8 Å². The van der Waals surface area contributed by atoms with Crippen molar-refractivity contribution >= 4 is 29.3 Å². The molecule has 5 nitrogen and oxygen atoms in total. The fraction of sp³-hybridized carbons (Fsp3) is 0.300. The first-order chi connectivity index (χ1) is 12.3. The monoisotopic (exact) mass is 371 g/mol. The van der Waals surface area contributed by atoms with Gasteiger partial charge in [-0.1, -0.05) is 11.6 Å². The zero-order valence-corrected chi connectivity index (χ0v) is 16.3. The number of ether oxygens (including phenoxy) is 1. The molecule has 0 aliphatic carbocycles. The van der Waals surface area contributed by atoms with E-state index >= 15 is 0 Å². The molecular formula is C20H22ClN3O2. The average Bonchev–Trinajstić information content (AvgIpc) is 2.86. The van der Waals surface area contributed by atoms with Gasteiger partial charge in [0.25, 0.3) is 5.91 Å². The molecule has 2 aromatic rings. The van der Waals surface area contributed by atoms with Gasteiger partial charge in [0.05, 0.1) is 12.1 Å². The second-order valence-electron chi connectivity index (χ2n) is 6.26. The summed E-state index contributed by atoms with van der Waals surface area (Å²) in [6, 6.07) is 9.16. The van der Waals surface area contributed by atoms with Crippen molar-refractivity contribution in [3.05, 3.63) is 51.8 Å². The third-order valence-corrected chi connectivity index (χ3v) is 4.41. The maximum Gasteiger partial charge on any atom is 0.266 e. The fourth-order valence-electron chi connectivity index (χ4n) is 2.99. The highest BCUT2D eigenvalue weighted by molar-refractivity contribution is 6.32. The van der Waals surface area contributed by atoms with E-state index < -0.39 is 5.91 Å². The Kier molecular flexibility index (Phi) is 6.12. The molecule has 1 heterocycles. The zero-order valence-electron chi connectivity index (χ0n) is 15.6. The van der Waals surface area contributed by atoms with Crippen LogP contribution in [0, 0.1) is 25.2 Å². The maximum absolute atomic E-state index is 12.5. The van der Waals surface area contributed by atoms with Gasteiger partial charge in [0.1, 0.15) is 17.4 Å². The van der Waals surface area contributed by atoms with Crippen LogP contribution in [0.5, 0.6) is 5.75 Å². The maximum atomic E-state index is 12.5. The molecule has 0 saturated heterocycles. The van der Waals surface area contributed by atoms with Crippen LogP contribution in [0.25, 0.3) is 6.08 Å². The predicted molar refractivity (Wildman–Crippen MR) is 105 cm³/mol. The van der Waals surface area contributed by atoms with Gasteiger partial charge < -0.3 is 14.6 Å². The van der Waals surface area contributed by atoms with Gasteiger partial charge in [-0.25, -0.2) is 0 Å². The standard InChI is InChI=1S/C20H22ClN3O2/c1-12(2)24-13(3)8-15(14(24)4)9-16(11-22)20(25)23-17-6-7-19(26-5)18(21)10-17/h6-10,12H,1-5H3,(H,23,25)/b16-9+. The van der Waals surface area contributed by atoms with Gasteiger partial charge in [-0.2, -0.15) is 5.26 Å². The Bertz CT molecular complexity index is 905. The Morgan fingerprint density at radius 2 is 2.04 bits per heavy atom. The van der Waals surface area contributed by atoms with Crippen LogP contribution < -0.4 is 10.1 Å². The zero-order chi connectivity index (χ0) is 19.4. The molecule has 0 saturated carbocycles. The SMILES string of the molecule is COc1ccc(NC(=O)/C(C#N)=C/c2cc(C)n(C(C)C)c2C)cc1Cl. The lowest BCUT2D eigenvalue weighted by atomic mass is 10.1. The molecule has 26 heavy (non-hydrogen) atoms. The van der Waals surface area contributed by atoms with E-state index in [9.17, 15) is 10.1 Å². The van der Waals surface area contributed by atoms with Gasteiger partial charge in [0.15, 0.2) is 0 Å². The number of nitrogens with one attached hydrogen (secondary N) is 1. The number of amides is 1. The lowest BCUT2D eigenvalue weighted by Crippen LogP contribution is -2.13. The molecule has 0 radical (unpaired) electrons. The Morgan fingerprint density at radius 1 is 1.35 bits per heavy atom. The van der Waals surface area contributed by atoms with Crippen LogP contribution in [0.3, 0.4) is 0 Å². The molecule has 1 aromatic carbocycles. The summed E-state index contributed by atoms with van der Waals surface area (Å²) >= 11 is 6.07. The number of hydrogen-bond donors (Lipinski definition) is 1. The third kappa shape index (κ3) is 4.09. The molecule has 0 aliphatic rings. The lowest BCUT2D eigenvalue weighted by molar-refractivity contribution is -0.112. The highest BCUT2D eigenvalue weighted by Crippen LogP contribution is 2.27. The summed E-state index contributed by atoms with van der Waals surface area (Å²) in [5.41, 5.74) is 3.49. The number of nitriles is 1. The first kappa shape index (κ1) is 19.6. The molecule has 136 valence electrons. The summed E-state index contributed by atoms with van der Waals surface area (Å²) in [6.07, 6.45) is 1.61. The van der Waals surface area contributed by atoms with E-state index in [2.05, 4.69) is 23.7 Å². The van der Waals surface area contributed by atoms with Crippen molar-refractivity contribution in [1.29, 1.82) is 5.26 Å². The Balaban J connectivity index is 2.29. The van der Waals surface area contributed by atoms with Crippen LogP contribution in [-0.4, -0.2) is 17.6 Å². The normalized spacial score (nSPS) is 11.4. The van der Waals surface area contributed by atoms with Crippen molar-refractivity contribution in [2.75, 3.05) is 12.4 Å². The van der Waals surface area contributed by atoms with E-state index in [0.29, 0.717) is 22.5 Å². The van der Waals surface area contributed by atoms with E-state index in [4.69, 9.17) is 16.3 Å². The van der Waals surface area contributed by atoms with Crippen molar-refractivity contribution in [3.8, 4) is 11.8 Å². The van der Waals surface area contributed by atoms with E-state index in [1.54, 1.807) is 24.3 Å². The Hall–Kier alpha value is -2.71. The average molecular weight is 372 g/mol. The summed E-state index contributed by atoms with van der Waals surface area (Å²) < 4.78 is 7.26. The van der Waals surface area contributed by atoms with Gasteiger partial charge in [-0.3, -0.25) is 4.79 Å². The molecule has 0 bridgehead atoms. The van der Waals surface area contributed by atoms with Crippen LogP contribution in [0.15, 0.2) is 29.8 Å². The molecule has 0 atom stereocenters. The summed E-state index contributed by atoms with van der Waals surface area (Å²) in [6.45, 7) is 8.18. The number of nitrogens with zero attached hydrogens (tertiary/aromatic N) is 2. The summed E-state index contributed by atoms with van der Waals surface area (Å²) in [5.74, 6) is 0.0323. The summed E-state index contributed by atoms with van der Waals surface area (Å²) in [7, 11) is 1.52. The molecule has 1 N–H and O–H groups in total. The predicted octanol–water partition coefficient (Wildman–Crippen LogP) is 4.89. The topological polar surface area (TPSA) is 67.0 Å². The van der Waals surface area contributed by atoms with Crippen molar-refractivity contribution in [3.63, 3.8) is 0 Å². The van der Waals surface area contributed by atoms with Crippen molar-refractivity contribution in [1.82, 2.24) is 4.57 Å². The number of carbonyl (C=O) groups is 1. The molecule has 6 heteroatoms. The van der Waals surface area contributed by atoms with Gasteiger partial charge in [-0.05, 0) is 63.6 Å². The first-order valence-corrected chi connectivity index (χ1v) is 8.61. The minimum absolute atomic E-state index is 0.0287. The fourth-order valence-corrected chi connectivity index (χ4v) is 3.25. The van der Waals surface area contributed by atoms with Crippen LogP contribution >= 0.6 is 11.6 Å². The van der Waals surface area contributed by atoms with Crippen LogP contribution in [-0.2, 0) is 4.79 Å². The quantitative estimate of drug-likeness (QED) is 0.600. The number of aryl methyl sites for hydroxylation is 1. The highest BCUT2D eigenvalue weighted by Gasteiger charge is 2.14. The number of halogens is 1. The number of aromatic nitrogens is 1. The second kappa shape index (κ2) is 8.11. The Morgan fingerprint density at radius 3 is 2.54 bits per heavy atom. The molecule has 0 aliphatic heterocycles. The summed E-state index contributed by atoms with van der Waals surface area (Å²) in [4.78, 5) is 12.5. The molecule has 0 fully saturated rings. The van der Waals surface area contributed by atoms with E-state index in [1.807, 2.05) is 26.0 Å². The van der Waals surface area contributed by atoms with Gasteiger partial charge in [0.2, 0.25) is 0 Å². The number of rotatable bonds is 5. The van der Waals surface area contributed by atoms with Gasteiger partial charge in [0, 0.05) is 23.1 Å². The smallest absolute Gasteiger partial charge is 0.266 e. The molecular weight excluding hydrogens is 350 g/mol. The molecule has 0 unspecified atom stereocenters. The first-order valence-electron chi connectivity index (χ1n) is 8.23. The molecule has 1 aromatic heterocycles. The van der Waals surface area contributed by atoms with E-state index in [0.717, 1.165) is 17.0 Å². The number of benzene rings is 1. The summed E-state index contributed by atoms with van der Waals surface area (Å²) in [5, 5.41) is 12.5. The minimum atomic E-state index is -0.483. The van der Waals surface area contributed by atoms with Crippen molar-refractivity contribution in [2.24, 2.45) is 0 Å². The number of anilines is 1. The third-order valence-electron chi connectivity index (χ3n) is 4.11. The largest absolute Gasteiger partial charge is 0.495 e. The second-order valence-corrected chi connectivity index (χ2v) is 6.67. The van der Waals surface area contributed by atoms with Crippen LogP contribution in [0.4, 0.5) is 5.69 Å². The number of methoxy groups -OCH3 is 1.